The molecule has 0 unspecified atom stereocenters. The van der Waals surface area contributed by atoms with E-state index < -0.39 is 0 Å². The quantitative estimate of drug-likeness (QED) is 0.788. The van der Waals surface area contributed by atoms with Gasteiger partial charge in [0.2, 0.25) is 0 Å². The molecule has 0 aliphatic heterocycles. The van der Waals surface area contributed by atoms with Crippen molar-refractivity contribution >= 4 is 11.8 Å². The van der Waals surface area contributed by atoms with Crippen LogP contribution in [0, 0.1) is 11.3 Å². The second kappa shape index (κ2) is 6.03. The lowest BCUT2D eigenvalue weighted by molar-refractivity contribution is 0.413. The smallest absolute Gasteiger partial charge is 0.136 e. The number of benzene rings is 1. The summed E-state index contributed by atoms with van der Waals surface area (Å²) in [6.07, 6.45) is 5.03. The molecule has 0 N–H and O–H groups in total. The Morgan fingerprint density at radius 2 is 2.28 bits per heavy atom. The van der Waals surface area contributed by atoms with Gasteiger partial charge in [0.25, 0.3) is 0 Å². The number of nitrogens with zero attached hydrogens (tertiary/aromatic N) is 3. The fourth-order valence-electron chi connectivity index (χ4n) is 1.45. The largest absolute Gasteiger partial charge is 0.495 e. The van der Waals surface area contributed by atoms with Crippen LogP contribution in [0.5, 0.6) is 5.75 Å². The third kappa shape index (κ3) is 2.99. The fourth-order valence-corrected chi connectivity index (χ4v) is 2.21. The standard InChI is InChI=1S/C13H11N3OS/c1-17-12-3-2-10(6-11(12)7-14)9-18-13-8-15-4-5-16-13/h2-6,8H,9H2,1H3. The topological polar surface area (TPSA) is 58.8 Å². The molecule has 0 aliphatic carbocycles. The summed E-state index contributed by atoms with van der Waals surface area (Å²) in [6.45, 7) is 0. The fraction of sp³-hybridized carbons (Fsp3) is 0.154. The van der Waals surface area contributed by atoms with Crippen molar-refractivity contribution in [3.63, 3.8) is 0 Å². The van der Waals surface area contributed by atoms with Gasteiger partial charge >= 0.3 is 0 Å². The van der Waals surface area contributed by atoms with Gasteiger partial charge in [-0.2, -0.15) is 5.26 Å². The van der Waals surface area contributed by atoms with E-state index in [0.29, 0.717) is 11.3 Å². The predicted molar refractivity (Wildman–Crippen MR) is 69.3 cm³/mol. The number of nitriles is 1. The SMILES string of the molecule is COc1ccc(CSc2cnccn2)cc1C#N. The third-order valence-corrected chi connectivity index (χ3v) is 3.29. The van der Waals surface area contributed by atoms with Gasteiger partial charge in [-0.05, 0) is 17.7 Å². The Balaban J connectivity index is 2.09. The van der Waals surface area contributed by atoms with Crippen LogP contribution >= 0.6 is 11.8 Å². The first-order valence-electron chi connectivity index (χ1n) is 5.29. The van der Waals surface area contributed by atoms with Gasteiger partial charge in [0.05, 0.1) is 18.9 Å². The van der Waals surface area contributed by atoms with Gasteiger partial charge in [0, 0.05) is 18.1 Å². The van der Waals surface area contributed by atoms with Gasteiger partial charge in [0.15, 0.2) is 0 Å². The summed E-state index contributed by atoms with van der Waals surface area (Å²) in [5.74, 6) is 1.35. The van der Waals surface area contributed by atoms with Crippen LogP contribution in [0.15, 0.2) is 41.8 Å². The van der Waals surface area contributed by atoms with Crippen molar-refractivity contribution in [2.45, 2.75) is 10.8 Å². The average Bonchev–Trinajstić information content (AvgIpc) is 2.45. The Hall–Kier alpha value is -2.06. The Kier molecular flexibility index (Phi) is 4.15. The minimum Gasteiger partial charge on any atom is -0.495 e. The molecule has 0 saturated carbocycles. The van der Waals surface area contributed by atoms with E-state index in [1.54, 1.807) is 37.5 Å². The second-order valence-electron chi connectivity index (χ2n) is 3.48. The Morgan fingerprint density at radius 1 is 1.39 bits per heavy atom. The summed E-state index contributed by atoms with van der Waals surface area (Å²) in [5.41, 5.74) is 1.61. The minimum absolute atomic E-state index is 0.551. The van der Waals surface area contributed by atoms with Crippen molar-refractivity contribution in [1.82, 2.24) is 9.97 Å². The molecule has 1 heterocycles. The number of aromatic nitrogens is 2. The predicted octanol–water partition coefficient (Wildman–Crippen LogP) is 2.65. The van der Waals surface area contributed by atoms with E-state index in [1.807, 2.05) is 18.2 Å². The Labute approximate surface area is 110 Å². The van der Waals surface area contributed by atoms with Crippen LogP contribution in [0.3, 0.4) is 0 Å². The van der Waals surface area contributed by atoms with E-state index in [0.717, 1.165) is 16.3 Å². The monoisotopic (exact) mass is 257 g/mol. The number of hydrogen-bond donors (Lipinski definition) is 0. The van der Waals surface area contributed by atoms with Gasteiger partial charge in [-0.25, -0.2) is 4.98 Å². The lowest BCUT2D eigenvalue weighted by atomic mass is 10.1. The number of ether oxygens (including phenoxy) is 1. The van der Waals surface area contributed by atoms with Gasteiger partial charge in [-0.1, -0.05) is 6.07 Å². The van der Waals surface area contributed by atoms with E-state index in [2.05, 4.69) is 16.0 Å². The van der Waals surface area contributed by atoms with Crippen LogP contribution in [0.2, 0.25) is 0 Å². The number of rotatable bonds is 4. The van der Waals surface area contributed by atoms with Crippen LogP contribution in [0.4, 0.5) is 0 Å². The van der Waals surface area contributed by atoms with Crippen LogP contribution in [0.1, 0.15) is 11.1 Å². The first-order valence-corrected chi connectivity index (χ1v) is 6.28. The summed E-state index contributed by atoms with van der Waals surface area (Å²) >= 11 is 1.58. The molecule has 0 radical (unpaired) electrons. The molecular weight excluding hydrogens is 246 g/mol. The van der Waals surface area contributed by atoms with Gasteiger partial charge in [-0.15, -0.1) is 11.8 Å². The molecule has 5 heteroatoms. The minimum atomic E-state index is 0.551. The summed E-state index contributed by atoms with van der Waals surface area (Å²) in [4.78, 5) is 8.18. The van der Waals surface area contributed by atoms with Crippen molar-refractivity contribution in [1.29, 1.82) is 5.26 Å². The van der Waals surface area contributed by atoms with Crippen molar-refractivity contribution < 1.29 is 4.74 Å². The first kappa shape index (κ1) is 12.4. The highest BCUT2D eigenvalue weighted by atomic mass is 32.2. The van der Waals surface area contributed by atoms with Crippen molar-refractivity contribution in [2.75, 3.05) is 7.11 Å². The highest BCUT2D eigenvalue weighted by Gasteiger charge is 2.04. The van der Waals surface area contributed by atoms with Crippen LogP contribution in [-0.4, -0.2) is 17.1 Å². The molecule has 90 valence electrons. The normalized spacial score (nSPS) is 9.78. The first-order chi connectivity index (χ1) is 8.83. The molecule has 0 atom stereocenters. The zero-order valence-electron chi connectivity index (χ0n) is 9.83. The van der Waals surface area contributed by atoms with Crippen molar-refractivity contribution in [3.8, 4) is 11.8 Å². The average molecular weight is 257 g/mol. The third-order valence-electron chi connectivity index (χ3n) is 2.31. The second-order valence-corrected chi connectivity index (χ2v) is 4.47. The lowest BCUT2D eigenvalue weighted by Crippen LogP contribution is -1.90. The molecule has 2 aromatic rings. The highest BCUT2D eigenvalue weighted by molar-refractivity contribution is 7.98. The maximum Gasteiger partial charge on any atom is 0.136 e. The number of hydrogen-bond acceptors (Lipinski definition) is 5. The molecule has 0 saturated heterocycles. The number of thioether (sulfide) groups is 1. The summed E-state index contributed by atoms with van der Waals surface area (Å²) in [5, 5.41) is 9.87. The van der Waals surface area contributed by atoms with E-state index in [1.165, 1.54) is 0 Å². The van der Waals surface area contributed by atoms with Crippen molar-refractivity contribution in [2.24, 2.45) is 0 Å². The molecule has 4 nitrogen and oxygen atoms in total. The molecule has 0 spiro atoms. The Morgan fingerprint density at radius 3 is 2.94 bits per heavy atom. The molecule has 0 aliphatic rings. The zero-order chi connectivity index (χ0) is 12.8. The molecule has 0 amide bonds. The van der Waals surface area contributed by atoms with Crippen LogP contribution < -0.4 is 4.74 Å². The molecule has 0 bridgehead atoms. The van der Waals surface area contributed by atoms with Crippen LogP contribution in [0.25, 0.3) is 0 Å². The lowest BCUT2D eigenvalue weighted by Gasteiger charge is -2.05. The molecule has 2 rings (SSSR count). The maximum absolute atomic E-state index is 9.00. The zero-order valence-corrected chi connectivity index (χ0v) is 10.6. The maximum atomic E-state index is 9.00. The summed E-state index contributed by atoms with van der Waals surface area (Å²) in [6, 6.07) is 7.72. The molecule has 0 fully saturated rings. The summed E-state index contributed by atoms with van der Waals surface area (Å²) in [7, 11) is 1.56. The van der Waals surface area contributed by atoms with Crippen LogP contribution in [-0.2, 0) is 5.75 Å². The molecular formula is C13H11N3OS. The number of methoxy groups -OCH3 is 1. The molecule has 18 heavy (non-hydrogen) atoms. The van der Waals surface area contributed by atoms with Gasteiger partial charge in [-0.3, -0.25) is 4.98 Å². The van der Waals surface area contributed by atoms with E-state index in [9.17, 15) is 0 Å². The summed E-state index contributed by atoms with van der Waals surface area (Å²) < 4.78 is 5.10. The molecule has 1 aromatic carbocycles. The van der Waals surface area contributed by atoms with E-state index >= 15 is 0 Å². The highest BCUT2D eigenvalue weighted by Crippen LogP contribution is 2.24. The van der Waals surface area contributed by atoms with Gasteiger partial charge in [0.1, 0.15) is 16.8 Å². The van der Waals surface area contributed by atoms with Crippen molar-refractivity contribution in [3.05, 3.63) is 47.9 Å². The Bertz CT molecular complexity index is 566. The van der Waals surface area contributed by atoms with Gasteiger partial charge < -0.3 is 4.74 Å². The molecule has 1 aromatic heterocycles. The van der Waals surface area contributed by atoms with E-state index in [-0.39, 0.29) is 0 Å². The van der Waals surface area contributed by atoms with E-state index in [4.69, 9.17) is 10.00 Å².